The molecule has 0 spiro atoms. The van der Waals surface area contributed by atoms with E-state index in [9.17, 15) is 5.11 Å². The molecule has 1 atom stereocenters. The Morgan fingerprint density at radius 1 is 1.22 bits per heavy atom. The van der Waals surface area contributed by atoms with E-state index in [1.165, 1.54) is 11.3 Å². The Balaban J connectivity index is 2.07. The molecule has 2 heterocycles. The van der Waals surface area contributed by atoms with E-state index < -0.39 is 6.10 Å². The minimum atomic E-state index is -0.621. The van der Waals surface area contributed by atoms with Crippen molar-refractivity contribution in [2.45, 2.75) is 13.0 Å². The third kappa shape index (κ3) is 1.89. The lowest BCUT2D eigenvalue weighted by molar-refractivity contribution is 0.223. The Kier molecular flexibility index (Phi) is 2.81. The zero-order valence-electron chi connectivity index (χ0n) is 9.87. The van der Waals surface area contributed by atoms with E-state index in [0.717, 1.165) is 27.0 Å². The number of aryl methyl sites for hydroxylation is 1. The number of hydrogen-bond donors (Lipinski definition) is 1. The standard InChI is InChI=1S/C14H12N2OS/c1-9-14(18-8-16-9)13(17)11-5-4-10-3-2-6-15-12(10)7-11/h2-8,13,17H,1H3. The molecule has 0 fully saturated rings. The predicted molar refractivity (Wildman–Crippen MR) is 72.7 cm³/mol. The van der Waals surface area contributed by atoms with E-state index in [1.54, 1.807) is 11.7 Å². The van der Waals surface area contributed by atoms with Crippen LogP contribution in [0.4, 0.5) is 0 Å². The SMILES string of the molecule is Cc1ncsc1C(O)c1ccc2cccnc2c1. The first-order valence-electron chi connectivity index (χ1n) is 5.68. The summed E-state index contributed by atoms with van der Waals surface area (Å²) in [5, 5.41) is 11.4. The Hall–Kier alpha value is -1.78. The first-order chi connectivity index (χ1) is 8.75. The van der Waals surface area contributed by atoms with Crippen molar-refractivity contribution in [3.8, 4) is 0 Å². The van der Waals surface area contributed by atoms with Crippen molar-refractivity contribution in [1.29, 1.82) is 0 Å². The number of fused-ring (bicyclic) bond motifs is 1. The second kappa shape index (κ2) is 4.48. The topological polar surface area (TPSA) is 46.0 Å². The van der Waals surface area contributed by atoms with Gasteiger partial charge in [-0.1, -0.05) is 18.2 Å². The van der Waals surface area contributed by atoms with Gasteiger partial charge in [-0.3, -0.25) is 4.98 Å². The van der Waals surface area contributed by atoms with Gasteiger partial charge in [-0.2, -0.15) is 0 Å². The van der Waals surface area contributed by atoms with Gasteiger partial charge in [0.15, 0.2) is 0 Å². The lowest BCUT2D eigenvalue weighted by Crippen LogP contribution is -1.99. The molecule has 90 valence electrons. The van der Waals surface area contributed by atoms with Crippen molar-refractivity contribution < 1.29 is 5.11 Å². The summed E-state index contributed by atoms with van der Waals surface area (Å²) in [5.74, 6) is 0. The Labute approximate surface area is 109 Å². The largest absolute Gasteiger partial charge is 0.383 e. The van der Waals surface area contributed by atoms with Gasteiger partial charge in [-0.15, -0.1) is 11.3 Å². The quantitative estimate of drug-likeness (QED) is 0.766. The van der Waals surface area contributed by atoms with Crippen LogP contribution in [0.5, 0.6) is 0 Å². The molecule has 0 aliphatic rings. The highest BCUT2D eigenvalue weighted by atomic mass is 32.1. The summed E-state index contributed by atoms with van der Waals surface area (Å²) in [6.07, 6.45) is 1.14. The normalized spacial score (nSPS) is 12.8. The molecule has 0 saturated heterocycles. The molecule has 3 rings (SSSR count). The summed E-state index contributed by atoms with van der Waals surface area (Å²) in [5.41, 5.74) is 4.39. The molecule has 3 aromatic rings. The van der Waals surface area contributed by atoms with Gasteiger partial charge < -0.3 is 5.11 Å². The van der Waals surface area contributed by atoms with Gasteiger partial charge in [0.1, 0.15) is 6.10 Å². The van der Waals surface area contributed by atoms with Gasteiger partial charge in [0.2, 0.25) is 0 Å². The first kappa shape index (κ1) is 11.3. The zero-order chi connectivity index (χ0) is 12.5. The summed E-state index contributed by atoms with van der Waals surface area (Å²) in [6, 6.07) is 9.77. The van der Waals surface area contributed by atoms with Gasteiger partial charge >= 0.3 is 0 Å². The number of hydrogen-bond acceptors (Lipinski definition) is 4. The second-order valence-corrected chi connectivity index (χ2v) is 5.05. The molecule has 0 radical (unpaired) electrons. The van der Waals surface area contributed by atoms with Crippen LogP contribution in [-0.2, 0) is 0 Å². The summed E-state index contributed by atoms with van der Waals surface area (Å²) in [4.78, 5) is 9.37. The smallest absolute Gasteiger partial charge is 0.115 e. The van der Waals surface area contributed by atoms with E-state index in [-0.39, 0.29) is 0 Å². The molecular weight excluding hydrogens is 244 g/mol. The lowest BCUT2D eigenvalue weighted by Gasteiger charge is -2.10. The van der Waals surface area contributed by atoms with Crippen molar-refractivity contribution in [3.63, 3.8) is 0 Å². The fraction of sp³-hybridized carbons (Fsp3) is 0.143. The average molecular weight is 256 g/mol. The summed E-state index contributed by atoms with van der Waals surface area (Å²) in [6.45, 7) is 1.91. The van der Waals surface area contributed by atoms with Crippen molar-refractivity contribution in [3.05, 3.63) is 58.2 Å². The van der Waals surface area contributed by atoms with Gasteiger partial charge in [-0.25, -0.2) is 4.98 Å². The molecule has 3 nitrogen and oxygen atoms in total. The van der Waals surface area contributed by atoms with E-state index in [0.29, 0.717) is 0 Å². The third-order valence-electron chi connectivity index (χ3n) is 2.98. The average Bonchev–Trinajstić information content (AvgIpc) is 2.83. The van der Waals surface area contributed by atoms with Crippen molar-refractivity contribution >= 4 is 22.2 Å². The van der Waals surface area contributed by atoms with E-state index in [1.807, 2.05) is 37.3 Å². The van der Waals surface area contributed by atoms with Crippen LogP contribution in [0.15, 0.2) is 42.0 Å². The highest BCUT2D eigenvalue weighted by molar-refractivity contribution is 7.09. The van der Waals surface area contributed by atoms with Crippen LogP contribution in [0.25, 0.3) is 10.9 Å². The molecule has 0 aliphatic heterocycles. The first-order valence-corrected chi connectivity index (χ1v) is 6.56. The molecule has 1 N–H and O–H groups in total. The molecule has 18 heavy (non-hydrogen) atoms. The summed E-state index contributed by atoms with van der Waals surface area (Å²) in [7, 11) is 0. The van der Waals surface area contributed by atoms with E-state index >= 15 is 0 Å². The van der Waals surface area contributed by atoms with Crippen molar-refractivity contribution in [1.82, 2.24) is 9.97 Å². The minimum Gasteiger partial charge on any atom is -0.383 e. The Morgan fingerprint density at radius 2 is 2.11 bits per heavy atom. The van der Waals surface area contributed by atoms with E-state index in [2.05, 4.69) is 9.97 Å². The minimum absolute atomic E-state index is 0.621. The number of pyridine rings is 1. The van der Waals surface area contributed by atoms with Crippen LogP contribution in [0.1, 0.15) is 22.2 Å². The zero-order valence-corrected chi connectivity index (χ0v) is 10.7. The van der Waals surface area contributed by atoms with Crippen LogP contribution in [0.3, 0.4) is 0 Å². The van der Waals surface area contributed by atoms with Crippen molar-refractivity contribution in [2.75, 3.05) is 0 Å². The maximum atomic E-state index is 10.4. The monoisotopic (exact) mass is 256 g/mol. The lowest BCUT2D eigenvalue weighted by atomic mass is 10.0. The number of rotatable bonds is 2. The number of benzene rings is 1. The number of nitrogens with zero attached hydrogens (tertiary/aromatic N) is 2. The highest BCUT2D eigenvalue weighted by Crippen LogP contribution is 2.29. The number of aromatic nitrogens is 2. The van der Waals surface area contributed by atoms with Crippen LogP contribution < -0.4 is 0 Å². The molecule has 0 amide bonds. The molecule has 0 bridgehead atoms. The van der Waals surface area contributed by atoms with Crippen LogP contribution >= 0.6 is 11.3 Å². The molecule has 4 heteroatoms. The molecule has 1 unspecified atom stereocenters. The van der Waals surface area contributed by atoms with Gasteiger partial charge in [0.05, 0.1) is 21.6 Å². The van der Waals surface area contributed by atoms with Crippen molar-refractivity contribution in [2.24, 2.45) is 0 Å². The summed E-state index contributed by atoms with van der Waals surface area (Å²) >= 11 is 1.48. The summed E-state index contributed by atoms with van der Waals surface area (Å²) < 4.78 is 0. The molecule has 1 aromatic carbocycles. The van der Waals surface area contributed by atoms with Gasteiger partial charge in [-0.05, 0) is 24.6 Å². The maximum absolute atomic E-state index is 10.4. The Bertz CT molecular complexity index is 693. The Morgan fingerprint density at radius 3 is 2.89 bits per heavy atom. The highest BCUT2D eigenvalue weighted by Gasteiger charge is 2.15. The fourth-order valence-corrected chi connectivity index (χ4v) is 2.79. The molecule has 2 aromatic heterocycles. The number of aliphatic hydroxyl groups excluding tert-OH is 1. The third-order valence-corrected chi connectivity index (χ3v) is 3.96. The molecular formula is C14H12N2OS. The number of aliphatic hydroxyl groups is 1. The maximum Gasteiger partial charge on any atom is 0.115 e. The number of thiazole rings is 1. The van der Waals surface area contributed by atoms with Crippen LogP contribution in [0, 0.1) is 6.92 Å². The van der Waals surface area contributed by atoms with Crippen LogP contribution in [-0.4, -0.2) is 15.1 Å². The molecule has 0 saturated carbocycles. The second-order valence-electron chi connectivity index (χ2n) is 4.16. The molecule has 0 aliphatic carbocycles. The van der Waals surface area contributed by atoms with E-state index in [4.69, 9.17) is 0 Å². The fourth-order valence-electron chi connectivity index (χ4n) is 1.98. The predicted octanol–water partition coefficient (Wildman–Crippen LogP) is 3.08. The van der Waals surface area contributed by atoms with Gasteiger partial charge in [0.25, 0.3) is 0 Å². The van der Waals surface area contributed by atoms with Gasteiger partial charge in [0, 0.05) is 11.6 Å². The van der Waals surface area contributed by atoms with Crippen LogP contribution in [0.2, 0.25) is 0 Å².